The number of rotatable bonds is 6. The van der Waals surface area contributed by atoms with Crippen LogP contribution in [0.4, 0.5) is 5.69 Å². The molecule has 0 aliphatic carbocycles. The first-order chi connectivity index (χ1) is 10.7. The molecule has 1 aromatic carbocycles. The number of aliphatic hydroxyl groups excluding tert-OH is 1. The van der Waals surface area contributed by atoms with Crippen LogP contribution >= 0.6 is 15.9 Å². The maximum Gasteiger partial charge on any atom is 0.326 e. The van der Waals surface area contributed by atoms with Crippen LogP contribution in [-0.4, -0.2) is 47.7 Å². The number of benzene rings is 1. The molecule has 0 radical (unpaired) electrons. The summed E-state index contributed by atoms with van der Waals surface area (Å²) in [6.07, 6.45) is 0. The van der Waals surface area contributed by atoms with Crippen molar-refractivity contribution in [2.75, 3.05) is 25.2 Å². The molecule has 0 saturated heterocycles. The van der Waals surface area contributed by atoms with E-state index < -0.39 is 22.3 Å². The van der Waals surface area contributed by atoms with Crippen LogP contribution in [0, 0.1) is 0 Å². The highest BCUT2D eigenvalue weighted by atomic mass is 79.9. The van der Waals surface area contributed by atoms with Crippen molar-refractivity contribution in [1.29, 1.82) is 0 Å². The molecule has 7 heteroatoms. The molecule has 0 heterocycles. The Morgan fingerprint density at radius 3 is 2.26 bits per heavy atom. The number of alkyl halides is 1. The van der Waals surface area contributed by atoms with Crippen LogP contribution in [0.3, 0.4) is 0 Å². The molecular formula is C16H22BrNO5. The first-order valence-corrected chi connectivity index (χ1v) is 8.01. The van der Waals surface area contributed by atoms with E-state index in [1.807, 2.05) is 0 Å². The van der Waals surface area contributed by atoms with Crippen LogP contribution in [0.5, 0.6) is 5.75 Å². The molecule has 1 N–H and O–H groups in total. The van der Waals surface area contributed by atoms with Gasteiger partial charge >= 0.3 is 5.97 Å². The Morgan fingerprint density at radius 1 is 1.26 bits per heavy atom. The van der Waals surface area contributed by atoms with E-state index in [4.69, 9.17) is 9.47 Å². The van der Waals surface area contributed by atoms with Gasteiger partial charge in [-0.3, -0.25) is 9.59 Å². The van der Waals surface area contributed by atoms with E-state index in [1.54, 1.807) is 52.1 Å². The SMILES string of the molecule is COc1ccc(N(CC(=O)OC(C)(C)C)C(=O)[C@@H](Br)CO)cc1. The number of esters is 1. The van der Waals surface area contributed by atoms with Gasteiger partial charge in [0.1, 0.15) is 22.7 Å². The highest BCUT2D eigenvalue weighted by Crippen LogP contribution is 2.21. The number of hydrogen-bond donors (Lipinski definition) is 1. The minimum absolute atomic E-state index is 0.246. The molecule has 0 aliphatic rings. The third-order valence-corrected chi connectivity index (χ3v) is 3.47. The van der Waals surface area contributed by atoms with Gasteiger partial charge in [-0.05, 0) is 45.0 Å². The first kappa shape index (κ1) is 19.4. The zero-order chi connectivity index (χ0) is 17.6. The fourth-order valence-electron chi connectivity index (χ4n) is 1.81. The Hall–Kier alpha value is -1.60. The Bertz CT molecular complexity index is 538. The molecule has 1 rings (SSSR count). The summed E-state index contributed by atoms with van der Waals surface area (Å²) in [5.74, 6) is -0.321. The highest BCUT2D eigenvalue weighted by molar-refractivity contribution is 9.10. The topological polar surface area (TPSA) is 76.1 Å². The number of methoxy groups -OCH3 is 1. The second-order valence-corrected chi connectivity index (χ2v) is 6.96. The zero-order valence-electron chi connectivity index (χ0n) is 13.7. The van der Waals surface area contributed by atoms with E-state index in [9.17, 15) is 14.7 Å². The lowest BCUT2D eigenvalue weighted by atomic mass is 10.2. The molecule has 1 amide bonds. The molecule has 1 aromatic rings. The van der Waals surface area contributed by atoms with E-state index in [-0.39, 0.29) is 13.2 Å². The van der Waals surface area contributed by atoms with Crippen LogP contribution < -0.4 is 9.64 Å². The quantitative estimate of drug-likeness (QED) is 0.597. The smallest absolute Gasteiger partial charge is 0.326 e. The van der Waals surface area contributed by atoms with Gasteiger partial charge in [0.05, 0.1) is 13.7 Å². The van der Waals surface area contributed by atoms with Crippen LogP contribution in [0.1, 0.15) is 20.8 Å². The molecule has 128 valence electrons. The van der Waals surface area contributed by atoms with Crippen molar-refractivity contribution in [3.8, 4) is 5.75 Å². The van der Waals surface area contributed by atoms with Gasteiger partial charge in [0, 0.05) is 5.69 Å². The molecule has 23 heavy (non-hydrogen) atoms. The number of ether oxygens (including phenoxy) is 2. The molecule has 0 saturated carbocycles. The van der Waals surface area contributed by atoms with E-state index in [0.29, 0.717) is 11.4 Å². The number of halogens is 1. The number of amides is 1. The van der Waals surface area contributed by atoms with Gasteiger partial charge < -0.3 is 19.5 Å². The standard InChI is InChI=1S/C16H22BrNO5/c1-16(2,3)23-14(20)9-18(15(21)13(17)10-19)11-5-7-12(22-4)8-6-11/h5-8,13,19H,9-10H2,1-4H3/t13-/m0/s1. The second-order valence-electron chi connectivity index (χ2n) is 5.86. The summed E-state index contributed by atoms with van der Waals surface area (Å²) in [4.78, 5) is 24.9. The third kappa shape index (κ3) is 6.19. The molecule has 1 atom stereocenters. The van der Waals surface area contributed by atoms with Gasteiger partial charge in [0.2, 0.25) is 5.91 Å². The Kier molecular flexibility index (Phi) is 7.02. The summed E-state index contributed by atoms with van der Waals surface area (Å²) in [6.45, 7) is 4.65. The van der Waals surface area contributed by atoms with Gasteiger partial charge in [0.25, 0.3) is 0 Å². The molecule has 0 aromatic heterocycles. The van der Waals surface area contributed by atoms with Crippen molar-refractivity contribution < 1.29 is 24.2 Å². The number of hydrogen-bond acceptors (Lipinski definition) is 5. The Morgan fingerprint density at radius 2 is 1.83 bits per heavy atom. The molecule has 6 nitrogen and oxygen atoms in total. The lowest BCUT2D eigenvalue weighted by Gasteiger charge is -2.26. The summed E-state index contributed by atoms with van der Waals surface area (Å²) in [6, 6.07) is 6.70. The predicted molar refractivity (Wildman–Crippen MR) is 91.0 cm³/mol. The Balaban J connectivity index is 3.01. The molecule has 0 bridgehead atoms. The fourth-order valence-corrected chi connectivity index (χ4v) is 2.06. The lowest BCUT2D eigenvalue weighted by molar-refractivity contribution is -0.153. The van der Waals surface area contributed by atoms with Crippen LogP contribution in [0.15, 0.2) is 24.3 Å². The molecule has 0 spiro atoms. The minimum Gasteiger partial charge on any atom is -0.497 e. The minimum atomic E-state index is -0.799. The van der Waals surface area contributed by atoms with E-state index in [2.05, 4.69) is 15.9 Å². The van der Waals surface area contributed by atoms with Gasteiger partial charge in [0.15, 0.2) is 0 Å². The summed E-state index contributed by atoms with van der Waals surface area (Å²) in [5, 5.41) is 9.17. The van der Waals surface area contributed by atoms with Gasteiger partial charge in [-0.25, -0.2) is 0 Å². The van der Waals surface area contributed by atoms with Crippen molar-refractivity contribution in [2.24, 2.45) is 0 Å². The van der Waals surface area contributed by atoms with Crippen molar-refractivity contribution in [2.45, 2.75) is 31.2 Å². The lowest BCUT2D eigenvalue weighted by Crippen LogP contribution is -2.43. The molecule has 0 fully saturated rings. The highest BCUT2D eigenvalue weighted by Gasteiger charge is 2.27. The zero-order valence-corrected chi connectivity index (χ0v) is 15.3. The third-order valence-electron chi connectivity index (χ3n) is 2.79. The summed E-state index contributed by atoms with van der Waals surface area (Å²) >= 11 is 3.10. The monoisotopic (exact) mass is 387 g/mol. The molecule has 0 aliphatic heterocycles. The maximum absolute atomic E-state index is 12.4. The van der Waals surface area contributed by atoms with Gasteiger partial charge in [-0.1, -0.05) is 15.9 Å². The van der Waals surface area contributed by atoms with Crippen LogP contribution in [0.2, 0.25) is 0 Å². The van der Waals surface area contributed by atoms with E-state index in [1.165, 1.54) is 4.90 Å². The normalized spacial score (nSPS) is 12.4. The number of aliphatic hydroxyl groups is 1. The van der Waals surface area contributed by atoms with Crippen molar-refractivity contribution >= 4 is 33.5 Å². The maximum atomic E-state index is 12.4. The predicted octanol–water partition coefficient (Wildman–Crippen LogP) is 2.13. The number of nitrogens with zero attached hydrogens (tertiary/aromatic N) is 1. The van der Waals surface area contributed by atoms with Crippen molar-refractivity contribution in [3.63, 3.8) is 0 Å². The summed E-state index contributed by atoms with van der Waals surface area (Å²) < 4.78 is 10.3. The van der Waals surface area contributed by atoms with Crippen molar-refractivity contribution in [3.05, 3.63) is 24.3 Å². The van der Waals surface area contributed by atoms with E-state index in [0.717, 1.165) is 0 Å². The molecule has 0 unspecified atom stereocenters. The summed E-state index contributed by atoms with van der Waals surface area (Å²) in [7, 11) is 1.54. The first-order valence-electron chi connectivity index (χ1n) is 7.10. The van der Waals surface area contributed by atoms with E-state index >= 15 is 0 Å². The average molecular weight is 388 g/mol. The fraction of sp³-hybridized carbons (Fsp3) is 0.500. The number of anilines is 1. The molecular weight excluding hydrogens is 366 g/mol. The Labute approximate surface area is 144 Å². The average Bonchev–Trinajstić information content (AvgIpc) is 2.49. The number of carbonyl (C=O) groups excluding carboxylic acids is 2. The van der Waals surface area contributed by atoms with Crippen LogP contribution in [0.25, 0.3) is 0 Å². The summed E-state index contributed by atoms with van der Waals surface area (Å²) in [5.41, 5.74) is -0.129. The van der Waals surface area contributed by atoms with Crippen molar-refractivity contribution in [1.82, 2.24) is 0 Å². The second kappa shape index (κ2) is 8.31. The van der Waals surface area contributed by atoms with Crippen LogP contribution in [-0.2, 0) is 14.3 Å². The van der Waals surface area contributed by atoms with Gasteiger partial charge in [-0.2, -0.15) is 0 Å². The largest absolute Gasteiger partial charge is 0.497 e. The van der Waals surface area contributed by atoms with Gasteiger partial charge in [-0.15, -0.1) is 0 Å². The number of carbonyl (C=O) groups is 2.